The zero-order chi connectivity index (χ0) is 28.6. The normalized spacial score (nSPS) is 19.9. The lowest BCUT2D eigenvalue weighted by atomic mass is 9.87. The standard InChI is InChI=1S/C18H14O8.C9H16N2O2/c19-13(11-7-3-1-4-8-11)18(25,17(23)24)14(15(20)21)26-16(22)12-9-5-2-6-10-12;1-2-13-9(12)11-5-7-3-4-10-8(7)6-11/h1-10,14,25H,(H,20,21)(H,23,24);7-8,10H,2-6H2,1H3/t;7-,8+/m.1/s1. The summed E-state index contributed by atoms with van der Waals surface area (Å²) in [6, 6.07) is 14.4. The van der Waals surface area contributed by atoms with Crippen LogP contribution in [-0.4, -0.2) is 94.0 Å². The molecule has 0 aliphatic carbocycles. The molecule has 12 nitrogen and oxygen atoms in total. The highest BCUT2D eigenvalue weighted by Gasteiger charge is 2.57. The molecule has 208 valence electrons. The summed E-state index contributed by atoms with van der Waals surface area (Å²) >= 11 is 0. The van der Waals surface area contributed by atoms with Gasteiger partial charge in [-0.3, -0.25) is 4.79 Å². The number of hydrogen-bond acceptors (Lipinski definition) is 9. The molecule has 0 saturated carbocycles. The zero-order valence-electron chi connectivity index (χ0n) is 21.2. The van der Waals surface area contributed by atoms with Crippen molar-refractivity contribution < 1.29 is 48.8 Å². The predicted molar refractivity (Wildman–Crippen MR) is 135 cm³/mol. The SMILES string of the molecule is CCOC(=O)N1C[C@H]2CCN[C@H]2C1.O=C(OC(C(=O)O)C(O)(C(=O)O)C(=O)c1ccccc1)c1ccccc1. The number of aliphatic hydroxyl groups is 1. The van der Waals surface area contributed by atoms with Gasteiger partial charge in [0, 0.05) is 24.7 Å². The molecule has 2 aromatic rings. The first kappa shape index (κ1) is 29.3. The number of esters is 1. The highest BCUT2D eigenvalue weighted by Crippen LogP contribution is 2.25. The maximum Gasteiger partial charge on any atom is 0.409 e. The lowest BCUT2D eigenvalue weighted by Crippen LogP contribution is -2.60. The van der Waals surface area contributed by atoms with Crippen molar-refractivity contribution in [3.05, 3.63) is 71.8 Å². The molecule has 4 atom stereocenters. The number of aliphatic carboxylic acids is 2. The lowest BCUT2D eigenvalue weighted by Gasteiger charge is -2.27. The number of hydrogen-bond donors (Lipinski definition) is 4. The van der Waals surface area contributed by atoms with Crippen molar-refractivity contribution in [2.24, 2.45) is 5.92 Å². The van der Waals surface area contributed by atoms with Crippen LogP contribution in [0, 0.1) is 5.92 Å². The van der Waals surface area contributed by atoms with Gasteiger partial charge in [0.2, 0.25) is 11.9 Å². The van der Waals surface area contributed by atoms with Crippen molar-refractivity contribution in [2.75, 3.05) is 26.2 Å². The Balaban J connectivity index is 0.000000268. The second-order valence-corrected chi connectivity index (χ2v) is 8.97. The van der Waals surface area contributed by atoms with Gasteiger partial charge in [0.05, 0.1) is 12.2 Å². The fourth-order valence-electron chi connectivity index (χ4n) is 4.41. The zero-order valence-corrected chi connectivity index (χ0v) is 21.2. The Labute approximate surface area is 224 Å². The van der Waals surface area contributed by atoms with Crippen LogP contribution >= 0.6 is 0 Å². The van der Waals surface area contributed by atoms with Crippen molar-refractivity contribution in [1.29, 1.82) is 0 Å². The highest BCUT2D eigenvalue weighted by molar-refractivity contribution is 6.18. The van der Waals surface area contributed by atoms with Gasteiger partial charge in [-0.15, -0.1) is 0 Å². The van der Waals surface area contributed by atoms with Crippen molar-refractivity contribution in [2.45, 2.75) is 31.1 Å². The number of nitrogens with zero attached hydrogens (tertiary/aromatic N) is 1. The molecule has 4 rings (SSSR count). The van der Waals surface area contributed by atoms with Crippen LogP contribution in [0.5, 0.6) is 0 Å². The maximum absolute atomic E-state index is 12.5. The second-order valence-electron chi connectivity index (χ2n) is 8.97. The number of carbonyl (C=O) groups is 5. The summed E-state index contributed by atoms with van der Waals surface area (Å²) in [5.74, 6) is -6.09. The van der Waals surface area contributed by atoms with Gasteiger partial charge >= 0.3 is 24.0 Å². The summed E-state index contributed by atoms with van der Waals surface area (Å²) in [5, 5.41) is 32.5. The molecule has 4 N–H and O–H groups in total. The van der Waals surface area contributed by atoms with Crippen LogP contribution in [0.1, 0.15) is 34.1 Å². The van der Waals surface area contributed by atoms with E-state index in [9.17, 15) is 39.3 Å². The molecule has 0 aromatic heterocycles. The number of nitrogens with one attached hydrogen (secondary N) is 1. The first-order valence-electron chi connectivity index (χ1n) is 12.3. The lowest BCUT2D eigenvalue weighted by molar-refractivity contribution is -0.176. The molecule has 0 bridgehead atoms. The minimum absolute atomic E-state index is 0.0707. The number of likely N-dealkylation sites (tertiary alicyclic amines) is 1. The molecular formula is C27H30N2O10. The van der Waals surface area contributed by atoms with E-state index in [4.69, 9.17) is 4.74 Å². The smallest absolute Gasteiger partial charge is 0.409 e. The third-order valence-corrected chi connectivity index (χ3v) is 6.43. The summed E-state index contributed by atoms with van der Waals surface area (Å²) in [4.78, 5) is 60.8. The monoisotopic (exact) mass is 542 g/mol. The summed E-state index contributed by atoms with van der Waals surface area (Å²) in [6.07, 6.45) is -1.61. The molecule has 1 amide bonds. The molecule has 0 spiro atoms. The molecular weight excluding hydrogens is 512 g/mol. The van der Waals surface area contributed by atoms with Gasteiger partial charge in [0.25, 0.3) is 5.60 Å². The maximum atomic E-state index is 12.5. The summed E-state index contributed by atoms with van der Waals surface area (Å²) in [5.41, 5.74) is -3.82. The molecule has 2 heterocycles. The van der Waals surface area contributed by atoms with Crippen LogP contribution < -0.4 is 5.32 Å². The van der Waals surface area contributed by atoms with Crippen LogP contribution in [0.3, 0.4) is 0 Å². The van der Waals surface area contributed by atoms with Crippen molar-refractivity contribution >= 4 is 29.8 Å². The number of rotatable bonds is 8. The Morgan fingerprint density at radius 1 is 0.974 bits per heavy atom. The fraction of sp³-hybridized carbons (Fsp3) is 0.370. The number of fused-ring (bicyclic) bond motifs is 1. The number of carbonyl (C=O) groups excluding carboxylic acids is 3. The van der Waals surface area contributed by atoms with Crippen LogP contribution in [0.4, 0.5) is 4.79 Å². The van der Waals surface area contributed by atoms with E-state index >= 15 is 0 Å². The Hall–Kier alpha value is -4.29. The van der Waals surface area contributed by atoms with E-state index in [2.05, 4.69) is 10.1 Å². The number of ether oxygens (including phenoxy) is 2. The van der Waals surface area contributed by atoms with E-state index in [1.165, 1.54) is 55.0 Å². The van der Waals surface area contributed by atoms with Gasteiger partial charge in [-0.25, -0.2) is 19.2 Å². The molecule has 2 unspecified atom stereocenters. The molecule has 2 fully saturated rings. The van der Waals surface area contributed by atoms with Crippen LogP contribution in [0.25, 0.3) is 0 Å². The molecule has 39 heavy (non-hydrogen) atoms. The number of carboxylic acid groups (broad SMARTS) is 2. The Bertz CT molecular complexity index is 1180. The quantitative estimate of drug-likeness (QED) is 0.215. The Morgan fingerprint density at radius 3 is 2.08 bits per heavy atom. The van der Waals surface area contributed by atoms with Crippen molar-refractivity contribution in [3.63, 3.8) is 0 Å². The number of carboxylic acids is 2. The Morgan fingerprint density at radius 2 is 1.56 bits per heavy atom. The van der Waals surface area contributed by atoms with Gasteiger partial charge < -0.3 is 35.0 Å². The summed E-state index contributed by atoms with van der Waals surface area (Å²) < 4.78 is 9.63. The fourth-order valence-corrected chi connectivity index (χ4v) is 4.41. The van der Waals surface area contributed by atoms with E-state index in [1.807, 2.05) is 11.8 Å². The third kappa shape index (κ3) is 6.78. The van der Waals surface area contributed by atoms with Crippen LogP contribution in [-0.2, 0) is 19.1 Å². The van der Waals surface area contributed by atoms with E-state index < -0.39 is 35.4 Å². The van der Waals surface area contributed by atoms with E-state index in [0.29, 0.717) is 18.6 Å². The number of amides is 1. The topological polar surface area (TPSA) is 180 Å². The van der Waals surface area contributed by atoms with Gasteiger partial charge in [-0.2, -0.15) is 0 Å². The van der Waals surface area contributed by atoms with Gasteiger partial charge in [-0.1, -0.05) is 48.5 Å². The molecule has 2 aromatic carbocycles. The molecule has 12 heteroatoms. The average Bonchev–Trinajstić information content (AvgIpc) is 3.55. The second kappa shape index (κ2) is 13.0. The average molecular weight is 543 g/mol. The van der Waals surface area contributed by atoms with E-state index in [-0.39, 0.29) is 17.2 Å². The molecule has 2 aliphatic heterocycles. The van der Waals surface area contributed by atoms with E-state index in [1.54, 1.807) is 12.1 Å². The first-order valence-corrected chi connectivity index (χ1v) is 12.3. The van der Waals surface area contributed by atoms with Crippen LogP contribution in [0.15, 0.2) is 60.7 Å². The third-order valence-electron chi connectivity index (χ3n) is 6.43. The van der Waals surface area contributed by atoms with Gasteiger partial charge in [0.1, 0.15) is 0 Å². The van der Waals surface area contributed by atoms with Crippen molar-refractivity contribution in [3.8, 4) is 0 Å². The number of ketones is 1. The highest BCUT2D eigenvalue weighted by atomic mass is 16.6. The predicted octanol–water partition coefficient (Wildman–Crippen LogP) is 1.43. The van der Waals surface area contributed by atoms with Gasteiger partial charge in [-0.05, 0) is 37.9 Å². The van der Waals surface area contributed by atoms with Gasteiger partial charge in [0.15, 0.2) is 0 Å². The largest absolute Gasteiger partial charge is 0.479 e. The van der Waals surface area contributed by atoms with Crippen LogP contribution in [0.2, 0.25) is 0 Å². The van der Waals surface area contributed by atoms with Crippen molar-refractivity contribution in [1.82, 2.24) is 10.2 Å². The summed E-state index contributed by atoms with van der Waals surface area (Å²) in [6.45, 7) is 5.11. The molecule has 2 aliphatic rings. The summed E-state index contributed by atoms with van der Waals surface area (Å²) in [7, 11) is 0. The first-order chi connectivity index (χ1) is 18.6. The Kier molecular flexibility index (Phi) is 9.74. The minimum atomic E-state index is -3.50. The molecule has 2 saturated heterocycles. The number of Topliss-reactive ketones (excluding diaryl/α,β-unsaturated/α-hetero) is 1. The minimum Gasteiger partial charge on any atom is -0.479 e. The van der Waals surface area contributed by atoms with E-state index in [0.717, 1.165) is 19.6 Å². The molecule has 0 radical (unpaired) electrons. The number of benzene rings is 2.